The number of carbonyl (C=O) groups excluding carboxylic acids is 1. The highest BCUT2D eigenvalue weighted by molar-refractivity contribution is 5.96. The van der Waals surface area contributed by atoms with Crippen LogP contribution in [0, 0.1) is 41.2 Å². The molecule has 0 bridgehead atoms. The third-order valence-electron chi connectivity index (χ3n) is 7.19. The topological polar surface area (TPSA) is 80.0 Å². The van der Waals surface area contributed by atoms with Crippen LogP contribution in [-0.4, -0.2) is 23.2 Å². The van der Waals surface area contributed by atoms with Crippen LogP contribution in [0.4, 0.5) is 8.78 Å². The van der Waals surface area contributed by atoms with Crippen LogP contribution in [-0.2, 0) is 6.54 Å². The molecule has 5 nitrogen and oxygen atoms in total. The molecule has 0 unspecified atom stereocenters. The maximum atomic E-state index is 13.9. The van der Waals surface area contributed by atoms with E-state index in [9.17, 15) is 18.8 Å². The van der Waals surface area contributed by atoms with Gasteiger partial charge in [-0.1, -0.05) is 18.2 Å². The van der Waals surface area contributed by atoms with Crippen molar-refractivity contribution in [3.63, 3.8) is 0 Å². The van der Waals surface area contributed by atoms with E-state index in [4.69, 9.17) is 5.41 Å². The van der Waals surface area contributed by atoms with Gasteiger partial charge < -0.3 is 10.2 Å². The average molecular weight is 499 g/mol. The SMILES string of the molecule is Cc1cc([C@@H](NC(=O)c2cc(CN3CCCC3=N)cc(-c3ccc(F)cc3C#N)c2)C2CC2)ccc1F. The fourth-order valence-electron chi connectivity index (χ4n) is 5.04. The van der Waals surface area contributed by atoms with Crippen molar-refractivity contribution in [1.29, 1.82) is 10.7 Å². The van der Waals surface area contributed by atoms with Crippen LogP contribution in [0.3, 0.4) is 0 Å². The Hall–Kier alpha value is -4.05. The van der Waals surface area contributed by atoms with E-state index in [1.54, 1.807) is 31.2 Å². The third kappa shape index (κ3) is 5.39. The van der Waals surface area contributed by atoms with Gasteiger partial charge in [-0.15, -0.1) is 0 Å². The van der Waals surface area contributed by atoms with Crippen molar-refractivity contribution in [3.8, 4) is 17.2 Å². The number of hydrogen-bond donors (Lipinski definition) is 2. The second kappa shape index (κ2) is 10.1. The van der Waals surface area contributed by atoms with Crippen LogP contribution < -0.4 is 5.32 Å². The number of carbonyl (C=O) groups is 1. The van der Waals surface area contributed by atoms with Crippen molar-refractivity contribution in [2.45, 2.75) is 45.2 Å². The number of likely N-dealkylation sites (tertiary alicyclic amines) is 1. The Morgan fingerprint density at radius 3 is 2.65 bits per heavy atom. The van der Waals surface area contributed by atoms with Crippen LogP contribution in [0.1, 0.15) is 64.3 Å². The molecule has 3 aromatic carbocycles. The van der Waals surface area contributed by atoms with Gasteiger partial charge in [-0.2, -0.15) is 5.26 Å². The standard InChI is InChI=1S/C30H28F2N4O/c1-18-11-21(6-9-27(18)32)29(20-4-5-20)35-30(37)23-13-19(17-36-10-2-3-28(36)34)12-22(14-23)26-8-7-25(31)15-24(26)16-33/h6-9,11-15,20,29,34H,2-5,10,17H2,1H3,(H,35,37)/t29-/m0/s1. The van der Waals surface area contributed by atoms with Crippen LogP contribution in [0.5, 0.6) is 0 Å². The predicted molar refractivity (Wildman–Crippen MR) is 138 cm³/mol. The highest BCUT2D eigenvalue weighted by atomic mass is 19.1. The first-order valence-corrected chi connectivity index (χ1v) is 12.6. The van der Waals surface area contributed by atoms with Gasteiger partial charge in [0.15, 0.2) is 0 Å². The maximum absolute atomic E-state index is 13.9. The summed E-state index contributed by atoms with van der Waals surface area (Å²) in [6.45, 7) is 2.96. The van der Waals surface area contributed by atoms with Gasteiger partial charge in [0.25, 0.3) is 5.91 Å². The second-order valence-electron chi connectivity index (χ2n) is 9.99. The van der Waals surface area contributed by atoms with Gasteiger partial charge in [0.2, 0.25) is 0 Å². The average Bonchev–Trinajstić information content (AvgIpc) is 3.65. The van der Waals surface area contributed by atoms with Crippen molar-refractivity contribution >= 4 is 11.7 Å². The molecule has 188 valence electrons. The smallest absolute Gasteiger partial charge is 0.251 e. The monoisotopic (exact) mass is 498 g/mol. The predicted octanol–water partition coefficient (Wildman–Crippen LogP) is 6.27. The van der Waals surface area contributed by atoms with E-state index in [1.165, 1.54) is 18.2 Å². The molecule has 1 amide bonds. The summed E-state index contributed by atoms with van der Waals surface area (Å²) in [7, 11) is 0. The van der Waals surface area contributed by atoms with Crippen molar-refractivity contribution in [3.05, 3.63) is 94.0 Å². The van der Waals surface area contributed by atoms with Gasteiger partial charge in [0.1, 0.15) is 11.6 Å². The van der Waals surface area contributed by atoms with Gasteiger partial charge in [0.05, 0.1) is 23.5 Å². The third-order valence-corrected chi connectivity index (χ3v) is 7.19. The Kier molecular flexibility index (Phi) is 6.75. The summed E-state index contributed by atoms with van der Waals surface area (Å²) in [6, 6.07) is 16.3. The first kappa shape index (κ1) is 24.6. The van der Waals surface area contributed by atoms with Crippen molar-refractivity contribution in [1.82, 2.24) is 10.2 Å². The number of amides is 1. The van der Waals surface area contributed by atoms with E-state index in [0.717, 1.165) is 43.4 Å². The van der Waals surface area contributed by atoms with Gasteiger partial charge in [-0.25, -0.2) is 8.78 Å². The van der Waals surface area contributed by atoms with Gasteiger partial charge in [-0.3, -0.25) is 10.2 Å². The van der Waals surface area contributed by atoms with Crippen LogP contribution in [0.25, 0.3) is 11.1 Å². The maximum Gasteiger partial charge on any atom is 0.251 e. The summed E-state index contributed by atoms with van der Waals surface area (Å²) >= 11 is 0. The fourth-order valence-corrected chi connectivity index (χ4v) is 5.04. The Bertz CT molecular complexity index is 1420. The zero-order chi connectivity index (χ0) is 26.1. The normalized spacial score (nSPS) is 15.9. The molecule has 1 aliphatic carbocycles. The molecular weight excluding hydrogens is 470 g/mol. The zero-order valence-electron chi connectivity index (χ0n) is 20.7. The number of nitrogens with zero attached hydrogens (tertiary/aromatic N) is 2. The lowest BCUT2D eigenvalue weighted by Crippen LogP contribution is -2.30. The molecule has 2 N–H and O–H groups in total. The number of aryl methyl sites for hydroxylation is 1. The molecule has 2 aliphatic rings. The van der Waals surface area contributed by atoms with E-state index >= 15 is 0 Å². The highest BCUT2D eigenvalue weighted by Gasteiger charge is 2.34. The number of nitrogens with one attached hydrogen (secondary N) is 2. The van der Waals surface area contributed by atoms with E-state index in [-0.39, 0.29) is 23.3 Å². The Morgan fingerprint density at radius 2 is 1.97 bits per heavy atom. The first-order valence-electron chi connectivity index (χ1n) is 12.6. The number of benzene rings is 3. The van der Waals surface area contributed by atoms with E-state index < -0.39 is 5.82 Å². The summed E-state index contributed by atoms with van der Waals surface area (Å²) in [4.78, 5) is 15.6. The lowest BCUT2D eigenvalue weighted by molar-refractivity contribution is 0.0931. The Morgan fingerprint density at radius 1 is 1.16 bits per heavy atom. The largest absolute Gasteiger partial charge is 0.356 e. The molecule has 7 heteroatoms. The van der Waals surface area contributed by atoms with Crippen LogP contribution in [0.2, 0.25) is 0 Å². The molecule has 0 aromatic heterocycles. The zero-order valence-corrected chi connectivity index (χ0v) is 20.7. The van der Waals surface area contributed by atoms with E-state index in [1.807, 2.05) is 17.0 Å². The number of halogens is 2. The molecule has 1 saturated carbocycles. The molecule has 37 heavy (non-hydrogen) atoms. The Balaban J connectivity index is 1.51. The summed E-state index contributed by atoms with van der Waals surface area (Å²) in [6.07, 6.45) is 3.63. The minimum Gasteiger partial charge on any atom is -0.356 e. The molecule has 2 fully saturated rings. The van der Waals surface area contributed by atoms with Gasteiger partial charge in [-0.05, 0) is 96.3 Å². The van der Waals surface area contributed by atoms with Crippen molar-refractivity contribution in [2.75, 3.05) is 6.54 Å². The molecule has 3 aromatic rings. The summed E-state index contributed by atoms with van der Waals surface area (Å²) in [5, 5.41) is 21.0. The molecule has 1 aliphatic heterocycles. The molecule has 5 rings (SSSR count). The molecule has 0 radical (unpaired) electrons. The van der Waals surface area contributed by atoms with E-state index in [2.05, 4.69) is 11.4 Å². The minimum absolute atomic E-state index is 0.190. The van der Waals surface area contributed by atoms with Crippen molar-refractivity contribution in [2.24, 2.45) is 5.92 Å². The number of nitriles is 1. The highest BCUT2D eigenvalue weighted by Crippen LogP contribution is 2.41. The molecular formula is C30H28F2N4O. The van der Waals surface area contributed by atoms with Crippen LogP contribution >= 0.6 is 0 Å². The Labute approximate surface area is 215 Å². The minimum atomic E-state index is -0.498. The van der Waals surface area contributed by atoms with Crippen LogP contribution in [0.15, 0.2) is 54.6 Å². The number of rotatable bonds is 7. The fraction of sp³-hybridized carbons (Fsp3) is 0.300. The van der Waals surface area contributed by atoms with E-state index in [0.29, 0.717) is 40.6 Å². The summed E-state index contributed by atoms with van der Waals surface area (Å²) in [5.41, 5.74) is 4.06. The molecule has 1 heterocycles. The number of hydrogen-bond acceptors (Lipinski definition) is 3. The number of amidine groups is 1. The summed E-state index contributed by atoms with van der Waals surface area (Å²) in [5.74, 6) is -0.178. The lowest BCUT2D eigenvalue weighted by Gasteiger charge is -2.22. The molecule has 1 atom stereocenters. The molecule has 1 saturated heterocycles. The van der Waals surface area contributed by atoms with Crippen molar-refractivity contribution < 1.29 is 13.6 Å². The second-order valence-corrected chi connectivity index (χ2v) is 9.99. The summed E-state index contributed by atoms with van der Waals surface area (Å²) < 4.78 is 27.7. The van der Waals surface area contributed by atoms with Gasteiger partial charge >= 0.3 is 0 Å². The molecule has 0 spiro atoms. The first-order chi connectivity index (χ1) is 17.8. The lowest BCUT2D eigenvalue weighted by atomic mass is 9.95. The van der Waals surface area contributed by atoms with Gasteiger partial charge in [0, 0.05) is 25.1 Å². The quantitative estimate of drug-likeness (QED) is 0.403.